The molecule has 0 aliphatic heterocycles. The quantitative estimate of drug-likeness (QED) is 0.835. The Balaban J connectivity index is 2.23. The van der Waals surface area contributed by atoms with Crippen LogP contribution in [-0.4, -0.2) is 23.5 Å². The maximum Gasteiger partial charge on any atom is 0.417 e. The molecular weight excluding hydrogens is 367 g/mol. The highest BCUT2D eigenvalue weighted by atomic mass is 79.9. The first-order valence-electron chi connectivity index (χ1n) is 6.53. The first-order chi connectivity index (χ1) is 9.82. The largest absolute Gasteiger partial charge is 0.417 e. The van der Waals surface area contributed by atoms with E-state index in [1.807, 2.05) is 6.26 Å². The van der Waals surface area contributed by atoms with Gasteiger partial charge in [0.25, 0.3) is 5.91 Å². The van der Waals surface area contributed by atoms with Gasteiger partial charge >= 0.3 is 6.18 Å². The third-order valence-electron chi connectivity index (χ3n) is 3.60. The number of rotatable bonds is 3. The lowest BCUT2D eigenvalue weighted by Gasteiger charge is -2.20. The zero-order valence-corrected chi connectivity index (χ0v) is 13.7. The van der Waals surface area contributed by atoms with Crippen molar-refractivity contribution in [3.63, 3.8) is 0 Å². The molecule has 2 rings (SSSR count). The number of carbonyl (C=O) groups is 1. The molecule has 1 aromatic carbocycles. The summed E-state index contributed by atoms with van der Waals surface area (Å²) >= 11 is 4.66. The molecule has 7 heteroatoms. The minimum atomic E-state index is -4.55. The zero-order chi connectivity index (χ0) is 15.6. The van der Waals surface area contributed by atoms with E-state index in [2.05, 4.69) is 21.2 Å². The fourth-order valence-corrected chi connectivity index (χ4v) is 3.86. The Morgan fingerprint density at radius 3 is 2.71 bits per heavy atom. The van der Waals surface area contributed by atoms with Crippen molar-refractivity contribution >= 4 is 33.6 Å². The lowest BCUT2D eigenvalue weighted by atomic mass is 10.1. The van der Waals surface area contributed by atoms with Gasteiger partial charge in [-0.2, -0.15) is 24.9 Å². The van der Waals surface area contributed by atoms with Crippen molar-refractivity contribution in [3.05, 3.63) is 33.8 Å². The Bertz CT molecular complexity index is 535. The van der Waals surface area contributed by atoms with Crippen molar-refractivity contribution < 1.29 is 18.0 Å². The maximum atomic E-state index is 13.0. The molecule has 0 radical (unpaired) electrons. The molecule has 1 aliphatic rings. The third kappa shape index (κ3) is 3.94. The van der Waals surface area contributed by atoms with E-state index in [0.29, 0.717) is 4.47 Å². The van der Waals surface area contributed by atoms with Crippen molar-refractivity contribution in [2.45, 2.75) is 36.7 Å². The van der Waals surface area contributed by atoms with Crippen molar-refractivity contribution in [1.29, 1.82) is 0 Å². The molecule has 0 spiro atoms. The number of amides is 1. The van der Waals surface area contributed by atoms with Crippen LogP contribution in [0.4, 0.5) is 13.2 Å². The van der Waals surface area contributed by atoms with Gasteiger partial charge in [-0.05, 0) is 37.3 Å². The molecule has 0 aromatic heterocycles. The summed E-state index contributed by atoms with van der Waals surface area (Å²) in [6, 6.07) is 3.54. The molecule has 21 heavy (non-hydrogen) atoms. The Morgan fingerprint density at radius 2 is 2.10 bits per heavy atom. The van der Waals surface area contributed by atoms with Crippen molar-refractivity contribution in [2.75, 3.05) is 6.26 Å². The van der Waals surface area contributed by atoms with Gasteiger partial charge in [-0.1, -0.05) is 22.4 Å². The molecule has 0 heterocycles. The number of hydrogen-bond acceptors (Lipinski definition) is 2. The van der Waals surface area contributed by atoms with Crippen LogP contribution in [0.25, 0.3) is 0 Å². The summed E-state index contributed by atoms with van der Waals surface area (Å²) < 4.78 is 39.4. The number of alkyl halides is 3. The second-order valence-electron chi connectivity index (χ2n) is 4.97. The predicted octanol–water partition coefficient (Wildman–Crippen LogP) is 4.48. The fourth-order valence-electron chi connectivity index (χ4n) is 2.57. The van der Waals surface area contributed by atoms with Crippen molar-refractivity contribution in [2.24, 2.45) is 0 Å². The summed E-state index contributed by atoms with van der Waals surface area (Å²) in [6.07, 6.45) is 0.192. The smallest absolute Gasteiger partial charge is 0.348 e. The molecule has 2 nitrogen and oxygen atoms in total. The number of halogens is 4. The topological polar surface area (TPSA) is 29.1 Å². The molecule has 1 aromatic rings. The van der Waals surface area contributed by atoms with Crippen LogP contribution >= 0.6 is 27.7 Å². The van der Waals surface area contributed by atoms with Gasteiger partial charge in [0.2, 0.25) is 0 Å². The highest BCUT2D eigenvalue weighted by molar-refractivity contribution is 9.10. The van der Waals surface area contributed by atoms with Gasteiger partial charge in [0.15, 0.2) is 0 Å². The molecular formula is C14H15BrF3NOS. The van der Waals surface area contributed by atoms with Gasteiger partial charge in [0, 0.05) is 15.8 Å². The summed E-state index contributed by atoms with van der Waals surface area (Å²) in [4.78, 5) is 12.2. The van der Waals surface area contributed by atoms with E-state index in [0.717, 1.165) is 25.3 Å². The summed E-state index contributed by atoms with van der Waals surface area (Å²) in [5.74, 6) is -0.652. The fraction of sp³-hybridized carbons (Fsp3) is 0.500. The van der Waals surface area contributed by atoms with Gasteiger partial charge < -0.3 is 5.32 Å². The van der Waals surface area contributed by atoms with Crippen LogP contribution in [0.2, 0.25) is 0 Å². The van der Waals surface area contributed by atoms with E-state index < -0.39 is 17.6 Å². The molecule has 116 valence electrons. The minimum absolute atomic E-state index is 0.0581. The second-order valence-corrected chi connectivity index (χ2v) is 6.97. The van der Waals surface area contributed by atoms with Gasteiger partial charge in [0.1, 0.15) is 0 Å². The Hall–Kier alpha value is -0.690. The SMILES string of the molecule is CSC1CCCC1NC(=O)c1ccc(Br)cc1C(F)(F)F. The van der Waals surface area contributed by atoms with E-state index in [9.17, 15) is 18.0 Å². The normalized spacial score (nSPS) is 22.3. The summed E-state index contributed by atoms with van der Waals surface area (Å²) in [5.41, 5.74) is -1.23. The number of carbonyl (C=O) groups excluding carboxylic acids is 1. The average molecular weight is 382 g/mol. The highest BCUT2D eigenvalue weighted by Crippen LogP contribution is 2.34. The van der Waals surface area contributed by atoms with E-state index in [4.69, 9.17) is 0 Å². The summed E-state index contributed by atoms with van der Waals surface area (Å²) in [5, 5.41) is 3.03. The van der Waals surface area contributed by atoms with E-state index in [1.54, 1.807) is 11.8 Å². The molecule has 2 atom stereocenters. The lowest BCUT2D eigenvalue weighted by Crippen LogP contribution is -2.39. The predicted molar refractivity (Wildman–Crippen MR) is 81.6 cm³/mol. The van der Waals surface area contributed by atoms with Crippen LogP contribution < -0.4 is 5.32 Å². The highest BCUT2D eigenvalue weighted by Gasteiger charge is 2.36. The van der Waals surface area contributed by atoms with Crippen LogP contribution in [0.1, 0.15) is 35.2 Å². The molecule has 0 saturated heterocycles. The van der Waals surface area contributed by atoms with E-state index in [-0.39, 0.29) is 16.9 Å². The van der Waals surface area contributed by atoms with Crippen LogP contribution in [0.15, 0.2) is 22.7 Å². The lowest BCUT2D eigenvalue weighted by molar-refractivity contribution is -0.138. The molecule has 1 N–H and O–H groups in total. The van der Waals surface area contributed by atoms with Crippen molar-refractivity contribution in [3.8, 4) is 0 Å². The van der Waals surface area contributed by atoms with Crippen LogP contribution in [0.5, 0.6) is 0 Å². The number of benzene rings is 1. The van der Waals surface area contributed by atoms with Crippen LogP contribution in [-0.2, 0) is 6.18 Å². The van der Waals surface area contributed by atoms with Crippen LogP contribution in [0.3, 0.4) is 0 Å². The van der Waals surface area contributed by atoms with E-state index in [1.165, 1.54) is 12.1 Å². The first kappa shape index (κ1) is 16.7. The summed E-state index contributed by atoms with van der Waals surface area (Å²) in [7, 11) is 0. The van der Waals surface area contributed by atoms with Gasteiger partial charge in [-0.3, -0.25) is 4.79 Å². The Morgan fingerprint density at radius 1 is 1.38 bits per heavy atom. The molecule has 1 aliphatic carbocycles. The van der Waals surface area contributed by atoms with Gasteiger partial charge in [0.05, 0.1) is 11.1 Å². The monoisotopic (exact) mass is 381 g/mol. The molecule has 0 bridgehead atoms. The molecule has 1 saturated carbocycles. The number of thioether (sulfide) groups is 1. The molecule has 2 unspecified atom stereocenters. The zero-order valence-electron chi connectivity index (χ0n) is 11.3. The third-order valence-corrected chi connectivity index (χ3v) is 5.27. The summed E-state index contributed by atoms with van der Waals surface area (Å²) in [6.45, 7) is 0. The van der Waals surface area contributed by atoms with Crippen molar-refractivity contribution in [1.82, 2.24) is 5.32 Å². The Labute approximate surface area is 134 Å². The van der Waals surface area contributed by atoms with Gasteiger partial charge in [-0.25, -0.2) is 0 Å². The van der Waals surface area contributed by atoms with E-state index >= 15 is 0 Å². The molecule has 1 amide bonds. The second kappa shape index (κ2) is 6.60. The maximum absolute atomic E-state index is 13.0. The number of nitrogens with one attached hydrogen (secondary N) is 1. The Kier molecular flexibility index (Phi) is 5.24. The standard InChI is InChI=1S/C14H15BrF3NOS/c1-21-12-4-2-3-11(12)19-13(20)9-6-5-8(15)7-10(9)14(16,17)18/h5-7,11-12H,2-4H2,1H3,(H,19,20). The average Bonchev–Trinajstić information content (AvgIpc) is 2.84. The number of hydrogen-bond donors (Lipinski definition) is 1. The van der Waals surface area contributed by atoms with Crippen LogP contribution in [0, 0.1) is 0 Å². The molecule has 1 fully saturated rings. The van der Waals surface area contributed by atoms with Gasteiger partial charge in [-0.15, -0.1) is 0 Å². The first-order valence-corrected chi connectivity index (χ1v) is 8.61. The minimum Gasteiger partial charge on any atom is -0.348 e.